The van der Waals surface area contributed by atoms with E-state index in [1.165, 1.54) is 21.9 Å². The summed E-state index contributed by atoms with van der Waals surface area (Å²) < 4.78 is 0. The lowest BCUT2D eigenvalue weighted by Gasteiger charge is -2.06. The van der Waals surface area contributed by atoms with Gasteiger partial charge >= 0.3 is 0 Å². The highest BCUT2D eigenvalue weighted by Gasteiger charge is 2.09. The first-order valence-corrected chi connectivity index (χ1v) is 6.49. The number of nitro groups is 1. The molecule has 2 rings (SSSR count). The van der Waals surface area contributed by atoms with E-state index in [0.29, 0.717) is 17.3 Å². The number of aryl methyl sites for hydroxylation is 1. The number of hydrogen-bond donors (Lipinski definition) is 1. The predicted octanol–water partition coefficient (Wildman–Crippen LogP) is 4.23. The summed E-state index contributed by atoms with van der Waals surface area (Å²) in [7, 11) is 0. The highest BCUT2D eigenvalue weighted by molar-refractivity contribution is 7.11. The first kappa shape index (κ1) is 12.9. The van der Waals surface area contributed by atoms with Crippen LogP contribution >= 0.6 is 22.9 Å². The second-order valence-electron chi connectivity index (χ2n) is 3.79. The lowest BCUT2D eigenvalue weighted by Crippen LogP contribution is -1.98. The fourth-order valence-electron chi connectivity index (χ4n) is 1.52. The molecule has 0 fully saturated rings. The van der Waals surface area contributed by atoms with Crippen molar-refractivity contribution in [2.45, 2.75) is 13.5 Å². The molecule has 4 nitrogen and oxygen atoms in total. The lowest BCUT2D eigenvalue weighted by molar-refractivity contribution is -0.384. The van der Waals surface area contributed by atoms with E-state index in [9.17, 15) is 10.1 Å². The Labute approximate surface area is 113 Å². The molecule has 1 N–H and O–H groups in total. The number of nitro benzene ring substituents is 1. The third-order valence-electron chi connectivity index (χ3n) is 2.41. The van der Waals surface area contributed by atoms with Crippen LogP contribution < -0.4 is 5.32 Å². The zero-order valence-corrected chi connectivity index (χ0v) is 11.2. The summed E-state index contributed by atoms with van der Waals surface area (Å²) in [5.74, 6) is 0. The minimum absolute atomic E-state index is 0.00230. The van der Waals surface area contributed by atoms with Crippen molar-refractivity contribution in [1.29, 1.82) is 0 Å². The third kappa shape index (κ3) is 3.00. The maximum Gasteiger partial charge on any atom is 0.271 e. The normalized spacial score (nSPS) is 10.3. The molecule has 0 saturated carbocycles. The van der Waals surface area contributed by atoms with Gasteiger partial charge < -0.3 is 5.32 Å². The summed E-state index contributed by atoms with van der Waals surface area (Å²) >= 11 is 7.69. The molecule has 18 heavy (non-hydrogen) atoms. The van der Waals surface area contributed by atoms with Crippen molar-refractivity contribution in [3.8, 4) is 0 Å². The van der Waals surface area contributed by atoms with Crippen molar-refractivity contribution >= 4 is 34.3 Å². The van der Waals surface area contributed by atoms with Gasteiger partial charge in [-0.05, 0) is 25.1 Å². The van der Waals surface area contributed by atoms with E-state index in [-0.39, 0.29) is 5.69 Å². The summed E-state index contributed by atoms with van der Waals surface area (Å²) in [6, 6.07) is 8.52. The second kappa shape index (κ2) is 5.37. The molecule has 0 aliphatic carbocycles. The van der Waals surface area contributed by atoms with E-state index >= 15 is 0 Å². The minimum atomic E-state index is -0.460. The van der Waals surface area contributed by atoms with Crippen LogP contribution in [0.4, 0.5) is 11.4 Å². The van der Waals surface area contributed by atoms with E-state index in [1.54, 1.807) is 17.4 Å². The van der Waals surface area contributed by atoms with Gasteiger partial charge in [0.25, 0.3) is 5.69 Å². The number of rotatable bonds is 4. The summed E-state index contributed by atoms with van der Waals surface area (Å²) in [5.41, 5.74) is 0.700. The van der Waals surface area contributed by atoms with Gasteiger partial charge in [-0.25, -0.2) is 0 Å². The van der Waals surface area contributed by atoms with Crippen molar-refractivity contribution in [3.05, 3.63) is 55.2 Å². The number of thiophene rings is 1. The molecule has 0 aliphatic heterocycles. The number of non-ortho nitro benzene ring substituents is 1. The van der Waals surface area contributed by atoms with Crippen molar-refractivity contribution in [2.24, 2.45) is 0 Å². The van der Waals surface area contributed by atoms with Crippen molar-refractivity contribution in [1.82, 2.24) is 0 Å². The first-order chi connectivity index (χ1) is 8.56. The van der Waals surface area contributed by atoms with Gasteiger partial charge in [-0.3, -0.25) is 10.1 Å². The zero-order valence-electron chi connectivity index (χ0n) is 9.64. The van der Waals surface area contributed by atoms with Gasteiger partial charge in [0.2, 0.25) is 0 Å². The summed E-state index contributed by atoms with van der Waals surface area (Å²) in [6.45, 7) is 2.71. The van der Waals surface area contributed by atoms with Crippen LogP contribution in [0.25, 0.3) is 0 Å². The zero-order chi connectivity index (χ0) is 13.1. The number of nitrogens with zero attached hydrogens (tertiary/aromatic N) is 1. The second-order valence-corrected chi connectivity index (χ2v) is 5.57. The molecule has 0 bridgehead atoms. The van der Waals surface area contributed by atoms with Gasteiger partial charge in [-0.15, -0.1) is 11.3 Å². The summed E-state index contributed by atoms with van der Waals surface area (Å²) in [5, 5.41) is 14.1. The van der Waals surface area contributed by atoms with E-state index in [1.807, 2.05) is 13.0 Å². The van der Waals surface area contributed by atoms with Gasteiger partial charge in [0.15, 0.2) is 0 Å². The van der Waals surface area contributed by atoms with Crippen LogP contribution in [0, 0.1) is 17.0 Å². The standard InChI is InChI=1S/C12H11ClN2O2S/c1-8-2-4-10(18-8)7-14-12-5-3-9(15(16)17)6-11(12)13/h2-6,14H,7H2,1H3. The van der Waals surface area contributed by atoms with E-state index < -0.39 is 4.92 Å². The topological polar surface area (TPSA) is 55.2 Å². The van der Waals surface area contributed by atoms with Crippen molar-refractivity contribution in [3.63, 3.8) is 0 Å². The summed E-state index contributed by atoms with van der Waals surface area (Å²) in [6.07, 6.45) is 0. The number of hydrogen-bond acceptors (Lipinski definition) is 4. The highest BCUT2D eigenvalue weighted by Crippen LogP contribution is 2.27. The third-order valence-corrected chi connectivity index (χ3v) is 3.73. The molecular weight excluding hydrogens is 272 g/mol. The van der Waals surface area contributed by atoms with E-state index in [4.69, 9.17) is 11.6 Å². The maximum atomic E-state index is 10.6. The molecule has 6 heteroatoms. The number of anilines is 1. The van der Waals surface area contributed by atoms with Gasteiger partial charge in [0.05, 0.1) is 15.6 Å². The Hall–Kier alpha value is -1.59. The maximum absolute atomic E-state index is 10.6. The Kier molecular flexibility index (Phi) is 3.84. The van der Waals surface area contributed by atoms with Crippen LogP contribution in [-0.4, -0.2) is 4.92 Å². The minimum Gasteiger partial charge on any atom is -0.379 e. The van der Waals surface area contributed by atoms with Crippen LogP contribution in [0.15, 0.2) is 30.3 Å². The fraction of sp³-hybridized carbons (Fsp3) is 0.167. The molecule has 1 aromatic heterocycles. The van der Waals surface area contributed by atoms with Crippen LogP contribution in [0.1, 0.15) is 9.75 Å². The molecule has 94 valence electrons. The van der Waals surface area contributed by atoms with E-state index in [0.717, 1.165) is 0 Å². The molecule has 0 saturated heterocycles. The number of nitrogens with one attached hydrogen (secondary N) is 1. The van der Waals surface area contributed by atoms with Gasteiger partial charge in [0, 0.05) is 28.4 Å². The van der Waals surface area contributed by atoms with Crippen molar-refractivity contribution < 1.29 is 4.92 Å². The average Bonchev–Trinajstić information content (AvgIpc) is 2.73. The highest BCUT2D eigenvalue weighted by atomic mass is 35.5. The molecule has 0 amide bonds. The largest absolute Gasteiger partial charge is 0.379 e. The van der Waals surface area contributed by atoms with Gasteiger partial charge in [-0.1, -0.05) is 11.6 Å². The monoisotopic (exact) mass is 282 g/mol. The molecule has 2 aromatic rings. The van der Waals surface area contributed by atoms with Gasteiger partial charge in [0.1, 0.15) is 0 Å². The molecular formula is C12H11ClN2O2S. The van der Waals surface area contributed by atoms with Gasteiger partial charge in [-0.2, -0.15) is 0 Å². The molecule has 1 aromatic carbocycles. The quantitative estimate of drug-likeness (QED) is 0.674. The Bertz CT molecular complexity index is 583. The Morgan fingerprint density at radius 1 is 1.39 bits per heavy atom. The Balaban J connectivity index is 2.08. The first-order valence-electron chi connectivity index (χ1n) is 5.29. The number of benzene rings is 1. The van der Waals surface area contributed by atoms with Crippen molar-refractivity contribution in [2.75, 3.05) is 5.32 Å². The molecule has 0 aliphatic rings. The molecule has 0 radical (unpaired) electrons. The predicted molar refractivity (Wildman–Crippen MR) is 74.5 cm³/mol. The average molecular weight is 283 g/mol. The van der Waals surface area contributed by atoms with Crippen LogP contribution in [0.2, 0.25) is 5.02 Å². The van der Waals surface area contributed by atoms with E-state index in [2.05, 4.69) is 11.4 Å². The summed E-state index contributed by atoms with van der Waals surface area (Å²) in [4.78, 5) is 12.6. The van der Waals surface area contributed by atoms with Crippen LogP contribution in [0.3, 0.4) is 0 Å². The molecule has 0 spiro atoms. The lowest BCUT2D eigenvalue weighted by atomic mass is 10.3. The smallest absolute Gasteiger partial charge is 0.271 e. The molecule has 1 heterocycles. The molecule has 0 atom stereocenters. The Morgan fingerprint density at radius 3 is 2.72 bits per heavy atom. The number of halogens is 1. The van der Waals surface area contributed by atoms with Crippen LogP contribution in [-0.2, 0) is 6.54 Å². The molecule has 0 unspecified atom stereocenters. The Morgan fingerprint density at radius 2 is 2.17 bits per heavy atom. The SMILES string of the molecule is Cc1ccc(CNc2ccc([N+](=O)[O-])cc2Cl)s1. The van der Waals surface area contributed by atoms with Crippen LogP contribution in [0.5, 0.6) is 0 Å². The fourth-order valence-corrected chi connectivity index (χ4v) is 2.60.